The zero-order chi connectivity index (χ0) is 7.56. The molecule has 0 aromatic carbocycles. The fraction of sp³-hybridized carbons (Fsp3) is 0.500. The Morgan fingerprint density at radius 2 is 2.60 bits per heavy atom. The van der Waals surface area contributed by atoms with Crippen molar-refractivity contribution < 1.29 is 4.79 Å². The molecule has 1 rings (SSSR count). The number of urea groups is 1. The highest BCUT2D eigenvalue weighted by Gasteiger charge is 2.17. The van der Waals surface area contributed by atoms with E-state index in [-0.39, 0.29) is 6.04 Å². The van der Waals surface area contributed by atoms with Crippen molar-refractivity contribution in [3.8, 4) is 0 Å². The molecule has 10 heavy (non-hydrogen) atoms. The monoisotopic (exact) mass is 160 g/mol. The van der Waals surface area contributed by atoms with Crippen molar-refractivity contribution in [2.24, 2.45) is 5.73 Å². The number of nitrogens with two attached hydrogens (primary N) is 1. The molecule has 56 valence electrons. The smallest absolute Gasteiger partial charge is 0.312 e. The van der Waals surface area contributed by atoms with Crippen molar-refractivity contribution >= 4 is 17.6 Å². The predicted octanol–water partition coefficient (Wildman–Crippen LogP) is 0.940. The average Bonchev–Trinajstić information content (AvgIpc) is 2.15. The van der Waals surface area contributed by atoms with E-state index in [0.717, 1.165) is 12.8 Å². The van der Waals surface area contributed by atoms with Gasteiger partial charge in [0.1, 0.15) is 0 Å². The molecule has 1 aliphatic rings. The molecule has 0 heterocycles. The number of carbonyl (C=O) groups is 1. The number of hydrogen-bond donors (Lipinski definition) is 2. The average molecular weight is 161 g/mol. The summed E-state index contributed by atoms with van der Waals surface area (Å²) in [5.41, 5.74) is 4.90. The van der Waals surface area contributed by atoms with Crippen molar-refractivity contribution in [2.45, 2.75) is 18.9 Å². The second-order valence-corrected chi connectivity index (χ2v) is 2.66. The summed E-state index contributed by atoms with van der Waals surface area (Å²) in [6.07, 6.45) is 3.67. The summed E-state index contributed by atoms with van der Waals surface area (Å²) in [5.74, 6) is 0. The molecule has 0 spiro atoms. The molecule has 0 aromatic rings. The highest BCUT2D eigenvalue weighted by Crippen LogP contribution is 2.21. The van der Waals surface area contributed by atoms with E-state index in [1.54, 1.807) is 0 Å². The molecular formula is C6H9ClN2O. The van der Waals surface area contributed by atoms with Gasteiger partial charge in [-0.15, -0.1) is 0 Å². The van der Waals surface area contributed by atoms with E-state index in [0.29, 0.717) is 5.03 Å². The Bertz CT molecular complexity index is 179. The van der Waals surface area contributed by atoms with Gasteiger partial charge in [-0.05, 0) is 12.8 Å². The van der Waals surface area contributed by atoms with Crippen LogP contribution in [0.4, 0.5) is 4.79 Å². The molecule has 4 heteroatoms. The largest absolute Gasteiger partial charge is 0.352 e. The minimum Gasteiger partial charge on any atom is -0.352 e. The van der Waals surface area contributed by atoms with Crippen LogP contribution in [0, 0.1) is 0 Å². The lowest BCUT2D eigenvalue weighted by molar-refractivity contribution is 0.247. The predicted molar refractivity (Wildman–Crippen MR) is 39.7 cm³/mol. The van der Waals surface area contributed by atoms with Crippen LogP contribution in [-0.2, 0) is 0 Å². The van der Waals surface area contributed by atoms with E-state index in [2.05, 4.69) is 5.32 Å². The lowest BCUT2D eigenvalue weighted by Gasteiger charge is -2.09. The third-order valence-electron chi connectivity index (χ3n) is 1.44. The molecule has 3 N–H and O–H groups in total. The molecule has 0 bridgehead atoms. The van der Waals surface area contributed by atoms with Crippen LogP contribution in [0.5, 0.6) is 0 Å². The zero-order valence-electron chi connectivity index (χ0n) is 5.43. The van der Waals surface area contributed by atoms with Gasteiger partial charge in [-0.1, -0.05) is 17.7 Å². The SMILES string of the molecule is NC(=O)NC1CCC=C1Cl. The van der Waals surface area contributed by atoms with Crippen LogP contribution in [-0.4, -0.2) is 12.1 Å². The van der Waals surface area contributed by atoms with Gasteiger partial charge < -0.3 is 11.1 Å². The van der Waals surface area contributed by atoms with Crippen molar-refractivity contribution in [3.63, 3.8) is 0 Å². The quantitative estimate of drug-likeness (QED) is 0.590. The van der Waals surface area contributed by atoms with Crippen molar-refractivity contribution in [1.29, 1.82) is 0 Å². The van der Waals surface area contributed by atoms with Crippen LogP contribution in [0.15, 0.2) is 11.1 Å². The fourth-order valence-corrected chi connectivity index (χ4v) is 1.25. The van der Waals surface area contributed by atoms with E-state index in [9.17, 15) is 4.79 Å². The molecule has 0 saturated carbocycles. The minimum atomic E-state index is -0.515. The van der Waals surface area contributed by atoms with Gasteiger partial charge in [0, 0.05) is 5.03 Å². The zero-order valence-corrected chi connectivity index (χ0v) is 6.19. The van der Waals surface area contributed by atoms with Crippen molar-refractivity contribution in [2.75, 3.05) is 0 Å². The Morgan fingerprint density at radius 1 is 1.90 bits per heavy atom. The summed E-state index contributed by atoms with van der Waals surface area (Å²) < 4.78 is 0. The molecule has 1 unspecified atom stereocenters. The van der Waals surface area contributed by atoms with Gasteiger partial charge in [-0.3, -0.25) is 0 Å². The molecule has 2 amide bonds. The maximum absolute atomic E-state index is 10.3. The highest BCUT2D eigenvalue weighted by molar-refractivity contribution is 6.30. The summed E-state index contributed by atoms with van der Waals surface area (Å²) >= 11 is 5.71. The number of carbonyl (C=O) groups excluding carboxylic acids is 1. The molecule has 3 nitrogen and oxygen atoms in total. The number of allylic oxidation sites excluding steroid dienone is 1. The second kappa shape index (κ2) is 2.92. The third kappa shape index (κ3) is 1.64. The molecule has 1 atom stereocenters. The van der Waals surface area contributed by atoms with Gasteiger partial charge >= 0.3 is 6.03 Å². The Labute approximate surface area is 64.2 Å². The first-order valence-electron chi connectivity index (χ1n) is 3.11. The van der Waals surface area contributed by atoms with E-state index < -0.39 is 6.03 Å². The van der Waals surface area contributed by atoms with Crippen LogP contribution >= 0.6 is 11.6 Å². The topological polar surface area (TPSA) is 55.1 Å². The summed E-state index contributed by atoms with van der Waals surface area (Å²) in [4.78, 5) is 10.3. The van der Waals surface area contributed by atoms with Gasteiger partial charge in [0.2, 0.25) is 0 Å². The van der Waals surface area contributed by atoms with Gasteiger partial charge in [-0.2, -0.15) is 0 Å². The molecule has 0 aliphatic heterocycles. The number of amides is 2. The first-order valence-corrected chi connectivity index (χ1v) is 3.49. The minimum absolute atomic E-state index is 0.0424. The second-order valence-electron chi connectivity index (χ2n) is 2.23. The Kier molecular flexibility index (Phi) is 2.17. The Hall–Kier alpha value is -0.700. The lowest BCUT2D eigenvalue weighted by atomic mass is 10.3. The van der Waals surface area contributed by atoms with E-state index >= 15 is 0 Å². The van der Waals surface area contributed by atoms with E-state index in [4.69, 9.17) is 17.3 Å². The van der Waals surface area contributed by atoms with Gasteiger partial charge in [-0.25, -0.2) is 4.79 Å². The molecule has 0 aromatic heterocycles. The normalized spacial score (nSPS) is 24.1. The lowest BCUT2D eigenvalue weighted by Crippen LogP contribution is -2.37. The van der Waals surface area contributed by atoms with E-state index in [1.807, 2.05) is 6.08 Å². The summed E-state index contributed by atoms with van der Waals surface area (Å²) in [6.45, 7) is 0. The number of nitrogens with one attached hydrogen (secondary N) is 1. The molecule has 0 fully saturated rings. The van der Waals surface area contributed by atoms with Crippen LogP contribution < -0.4 is 11.1 Å². The van der Waals surface area contributed by atoms with Crippen molar-refractivity contribution in [3.05, 3.63) is 11.1 Å². The third-order valence-corrected chi connectivity index (χ3v) is 1.86. The fourth-order valence-electron chi connectivity index (χ4n) is 0.981. The molecule has 1 aliphatic carbocycles. The Morgan fingerprint density at radius 3 is 3.00 bits per heavy atom. The maximum Gasteiger partial charge on any atom is 0.312 e. The van der Waals surface area contributed by atoms with Gasteiger partial charge in [0.05, 0.1) is 6.04 Å². The summed E-state index contributed by atoms with van der Waals surface area (Å²) in [5, 5.41) is 3.22. The van der Waals surface area contributed by atoms with Crippen LogP contribution in [0.2, 0.25) is 0 Å². The van der Waals surface area contributed by atoms with Gasteiger partial charge in [0.25, 0.3) is 0 Å². The van der Waals surface area contributed by atoms with Crippen LogP contribution in [0.25, 0.3) is 0 Å². The first-order chi connectivity index (χ1) is 4.70. The highest BCUT2D eigenvalue weighted by atomic mass is 35.5. The standard InChI is InChI=1S/C6H9ClN2O/c7-4-2-1-3-5(4)9-6(8)10/h2,5H,1,3H2,(H3,8,9,10). The number of halogens is 1. The first kappa shape index (κ1) is 7.41. The number of rotatable bonds is 1. The van der Waals surface area contributed by atoms with E-state index in [1.165, 1.54) is 0 Å². The van der Waals surface area contributed by atoms with Crippen molar-refractivity contribution in [1.82, 2.24) is 5.32 Å². The summed E-state index contributed by atoms with van der Waals surface area (Å²) in [6, 6.07) is -0.558. The molecule has 0 saturated heterocycles. The number of primary amides is 1. The summed E-state index contributed by atoms with van der Waals surface area (Å²) in [7, 11) is 0. The maximum atomic E-state index is 10.3. The molecular weight excluding hydrogens is 152 g/mol. The Balaban J connectivity index is 2.43. The molecule has 0 radical (unpaired) electrons. The number of hydrogen-bond acceptors (Lipinski definition) is 1. The van der Waals surface area contributed by atoms with Crippen LogP contribution in [0.1, 0.15) is 12.8 Å². The van der Waals surface area contributed by atoms with Crippen LogP contribution in [0.3, 0.4) is 0 Å². The van der Waals surface area contributed by atoms with Gasteiger partial charge in [0.15, 0.2) is 0 Å².